The Balaban J connectivity index is 1.46. The van der Waals surface area contributed by atoms with Crippen molar-refractivity contribution in [1.29, 1.82) is 0 Å². The first kappa shape index (κ1) is 32.2. The van der Waals surface area contributed by atoms with Crippen molar-refractivity contribution in [1.82, 2.24) is 0 Å². The Morgan fingerprint density at radius 2 is 1.19 bits per heavy atom. The van der Waals surface area contributed by atoms with Crippen LogP contribution in [0.5, 0.6) is 46.0 Å². The third-order valence-corrected chi connectivity index (χ3v) is 10.9. The molecular weight excluding hydrogens is 604 g/mol. The average molecular weight is 653 g/mol. The van der Waals surface area contributed by atoms with Gasteiger partial charge in [0.15, 0.2) is 34.5 Å². The van der Waals surface area contributed by atoms with Crippen molar-refractivity contribution >= 4 is 0 Å². The van der Waals surface area contributed by atoms with Gasteiger partial charge >= 0.3 is 0 Å². The van der Waals surface area contributed by atoms with Crippen molar-refractivity contribution in [2.24, 2.45) is 0 Å². The maximum atomic E-state index is 6.86. The maximum absolute atomic E-state index is 6.86. The van der Waals surface area contributed by atoms with Gasteiger partial charge in [0.2, 0.25) is 5.75 Å². The first-order valence-corrected chi connectivity index (χ1v) is 16.8. The molecule has 0 spiro atoms. The van der Waals surface area contributed by atoms with Crippen LogP contribution in [0.1, 0.15) is 45.5 Å². The van der Waals surface area contributed by atoms with E-state index >= 15 is 0 Å². The molecule has 2 atom stereocenters. The van der Waals surface area contributed by atoms with Gasteiger partial charge in [-0.15, -0.1) is 0 Å². The van der Waals surface area contributed by atoms with E-state index in [1.807, 2.05) is 6.07 Å². The molecule has 0 aromatic heterocycles. The number of fused-ring (bicyclic) bond motifs is 2. The lowest BCUT2D eigenvalue weighted by molar-refractivity contribution is -0.923. The molecule has 48 heavy (non-hydrogen) atoms. The standard InChI is InChI=1S/C40H48N2O6/c1-41(2)17-15-27-22-34(44-6)36-24-30(27)31(41)19-25-9-12-29(13-10-25)47-40-38-28(23-37(45-7)39(40)46-8)16-18-42(3,4)32(38)20-26-11-14-33(43-5)35(21-26)48-36/h9-14,21-24,31-32H,15-20H2,1-8H3/q+2/t31-,32-/m0/s1. The number of likely N-dealkylation sites (N-methyl/N-ethyl adjacent to an activating group) is 2. The third kappa shape index (κ3) is 5.61. The van der Waals surface area contributed by atoms with Crippen molar-refractivity contribution in [3.8, 4) is 46.0 Å². The van der Waals surface area contributed by atoms with E-state index in [1.54, 1.807) is 28.4 Å². The summed E-state index contributed by atoms with van der Waals surface area (Å²) < 4.78 is 39.0. The van der Waals surface area contributed by atoms with Gasteiger partial charge < -0.3 is 37.4 Å². The number of rotatable bonds is 4. The van der Waals surface area contributed by atoms with Gasteiger partial charge in [-0.2, -0.15) is 0 Å². The summed E-state index contributed by atoms with van der Waals surface area (Å²) in [5.41, 5.74) is 7.34. The van der Waals surface area contributed by atoms with Crippen LogP contribution >= 0.6 is 0 Å². The molecule has 0 aliphatic carbocycles. The number of hydrogen-bond donors (Lipinski definition) is 0. The van der Waals surface area contributed by atoms with Gasteiger partial charge in [0.1, 0.15) is 17.8 Å². The molecule has 4 aromatic carbocycles. The van der Waals surface area contributed by atoms with Gasteiger partial charge in [0.05, 0.1) is 75.3 Å². The van der Waals surface area contributed by atoms with E-state index in [4.69, 9.17) is 28.4 Å². The van der Waals surface area contributed by atoms with Gasteiger partial charge in [-0.05, 0) is 64.7 Å². The monoisotopic (exact) mass is 652 g/mol. The molecule has 252 valence electrons. The largest absolute Gasteiger partial charge is 0.493 e. The molecule has 8 nitrogen and oxygen atoms in total. The Morgan fingerprint density at radius 1 is 0.583 bits per heavy atom. The molecule has 0 amide bonds. The lowest BCUT2D eigenvalue weighted by atomic mass is 9.85. The maximum Gasteiger partial charge on any atom is 0.204 e. The quantitative estimate of drug-likeness (QED) is 0.214. The zero-order chi connectivity index (χ0) is 33.8. The lowest BCUT2D eigenvalue weighted by Gasteiger charge is -2.43. The number of methoxy groups -OCH3 is 4. The SMILES string of the molecule is COc1ccc2cc1Oc1cc3c(cc1OC)CC[N+](C)(C)[C@H]3Cc1ccc(cc1)Oc1c(OC)c(OC)cc3c1[C@H](C2)[N+](C)(C)CC3. The lowest BCUT2D eigenvalue weighted by Crippen LogP contribution is -2.48. The van der Waals surface area contributed by atoms with E-state index in [0.717, 1.165) is 76.1 Å². The van der Waals surface area contributed by atoms with Crippen molar-refractivity contribution in [3.63, 3.8) is 0 Å². The predicted molar refractivity (Wildman–Crippen MR) is 186 cm³/mol. The topological polar surface area (TPSA) is 55.4 Å². The second-order valence-electron chi connectivity index (χ2n) is 14.5. The molecule has 0 radical (unpaired) electrons. The molecular formula is C40H48N2O6+2. The van der Waals surface area contributed by atoms with Gasteiger partial charge in [0.25, 0.3) is 0 Å². The highest BCUT2D eigenvalue weighted by molar-refractivity contribution is 5.62. The zero-order valence-electron chi connectivity index (χ0n) is 29.5. The molecule has 4 aliphatic heterocycles. The van der Waals surface area contributed by atoms with Crippen LogP contribution in [0.15, 0.2) is 60.7 Å². The molecule has 4 aromatic rings. The minimum Gasteiger partial charge on any atom is -0.493 e. The first-order chi connectivity index (χ1) is 23.0. The average Bonchev–Trinajstić information content (AvgIpc) is 3.07. The summed E-state index contributed by atoms with van der Waals surface area (Å²) in [6.07, 6.45) is 3.50. The van der Waals surface area contributed by atoms with Crippen molar-refractivity contribution in [2.45, 2.75) is 37.8 Å². The summed E-state index contributed by atoms with van der Waals surface area (Å²) in [6.45, 7) is 2.01. The molecule has 0 unspecified atom stereocenters. The Kier molecular flexibility index (Phi) is 8.20. The molecule has 0 saturated heterocycles. The molecule has 4 heterocycles. The summed E-state index contributed by atoms with van der Waals surface area (Å²) in [6, 6.07) is 21.6. The van der Waals surface area contributed by atoms with Gasteiger partial charge in [-0.25, -0.2) is 0 Å². The zero-order valence-corrected chi connectivity index (χ0v) is 29.5. The molecule has 0 N–H and O–H groups in total. The Labute approximate surface area is 284 Å². The highest BCUT2D eigenvalue weighted by Gasteiger charge is 2.41. The second kappa shape index (κ2) is 12.2. The molecule has 0 fully saturated rings. The van der Waals surface area contributed by atoms with E-state index in [2.05, 4.69) is 82.8 Å². The number of nitrogens with zero attached hydrogens (tertiary/aromatic N) is 2. The highest BCUT2D eigenvalue weighted by Crippen LogP contribution is 2.52. The van der Waals surface area contributed by atoms with E-state index in [9.17, 15) is 0 Å². The Bertz CT molecular complexity index is 1850. The summed E-state index contributed by atoms with van der Waals surface area (Å²) in [5, 5.41) is 0. The summed E-state index contributed by atoms with van der Waals surface area (Å²) in [4.78, 5) is 0. The fourth-order valence-corrected chi connectivity index (χ4v) is 7.95. The number of ether oxygens (including phenoxy) is 6. The van der Waals surface area contributed by atoms with E-state index in [0.29, 0.717) is 28.7 Å². The van der Waals surface area contributed by atoms with Crippen LogP contribution in [0.2, 0.25) is 0 Å². The van der Waals surface area contributed by atoms with Crippen molar-refractivity contribution in [3.05, 3.63) is 94.0 Å². The highest BCUT2D eigenvalue weighted by atomic mass is 16.5. The number of hydrogen-bond acceptors (Lipinski definition) is 6. The van der Waals surface area contributed by atoms with Crippen LogP contribution in [0.25, 0.3) is 0 Å². The molecule has 4 aliphatic rings. The number of benzene rings is 4. The second-order valence-corrected chi connectivity index (χ2v) is 14.5. The van der Waals surface area contributed by atoms with E-state index in [-0.39, 0.29) is 12.1 Å². The predicted octanol–water partition coefficient (Wildman–Crippen LogP) is 7.45. The molecule has 8 heteroatoms. The minimum atomic E-state index is 0.0713. The van der Waals surface area contributed by atoms with Crippen molar-refractivity contribution in [2.75, 3.05) is 69.7 Å². The van der Waals surface area contributed by atoms with Gasteiger partial charge in [-0.3, -0.25) is 0 Å². The normalized spacial score (nSPS) is 20.2. The van der Waals surface area contributed by atoms with Gasteiger partial charge in [0, 0.05) is 31.2 Å². The third-order valence-electron chi connectivity index (χ3n) is 10.9. The van der Waals surface area contributed by atoms with Crippen LogP contribution in [-0.4, -0.2) is 78.7 Å². The van der Waals surface area contributed by atoms with Crippen LogP contribution in [0, 0.1) is 0 Å². The molecule has 0 saturated carbocycles. The minimum absolute atomic E-state index is 0.0713. The van der Waals surface area contributed by atoms with E-state index < -0.39 is 0 Å². The van der Waals surface area contributed by atoms with Crippen molar-refractivity contribution < 1.29 is 37.4 Å². The van der Waals surface area contributed by atoms with Crippen LogP contribution in [-0.2, 0) is 25.7 Å². The van der Waals surface area contributed by atoms with Crippen LogP contribution in [0.3, 0.4) is 0 Å². The smallest absolute Gasteiger partial charge is 0.204 e. The first-order valence-electron chi connectivity index (χ1n) is 16.8. The van der Waals surface area contributed by atoms with E-state index in [1.165, 1.54) is 22.3 Å². The number of quaternary nitrogens is 2. The fraction of sp³-hybridized carbons (Fsp3) is 0.400. The summed E-state index contributed by atoms with van der Waals surface area (Å²) in [7, 11) is 16.0. The molecule has 8 rings (SSSR count). The fourth-order valence-electron chi connectivity index (χ4n) is 7.95. The van der Waals surface area contributed by atoms with Crippen LogP contribution in [0.4, 0.5) is 0 Å². The summed E-state index contributed by atoms with van der Waals surface area (Å²) in [5.74, 6) is 5.54. The molecule has 6 bridgehead atoms. The summed E-state index contributed by atoms with van der Waals surface area (Å²) >= 11 is 0. The van der Waals surface area contributed by atoms with Crippen LogP contribution < -0.4 is 28.4 Å². The Hall–Kier alpha value is -4.40. The Morgan fingerprint density at radius 3 is 1.88 bits per heavy atom. The van der Waals surface area contributed by atoms with Gasteiger partial charge in [-0.1, -0.05) is 18.2 Å².